The SMILES string of the molecule is COc1cccc(/C=C2\N=C(c3ccccc3F)OC2=O)c1OCc1ccccc1F. The highest BCUT2D eigenvalue weighted by atomic mass is 19.1. The van der Waals surface area contributed by atoms with Crippen LogP contribution in [0.4, 0.5) is 8.78 Å². The van der Waals surface area contributed by atoms with Gasteiger partial charge in [-0.15, -0.1) is 0 Å². The molecule has 5 nitrogen and oxygen atoms in total. The molecule has 1 heterocycles. The number of esters is 1. The van der Waals surface area contributed by atoms with Crippen molar-refractivity contribution in [3.8, 4) is 11.5 Å². The lowest BCUT2D eigenvalue weighted by molar-refractivity contribution is -0.129. The molecule has 0 radical (unpaired) electrons. The van der Waals surface area contributed by atoms with Gasteiger partial charge < -0.3 is 14.2 Å². The summed E-state index contributed by atoms with van der Waals surface area (Å²) < 4.78 is 44.3. The van der Waals surface area contributed by atoms with Crippen molar-refractivity contribution in [2.45, 2.75) is 6.61 Å². The summed E-state index contributed by atoms with van der Waals surface area (Å²) in [5.41, 5.74) is 0.900. The molecule has 156 valence electrons. The third-order valence-corrected chi connectivity index (χ3v) is 4.58. The van der Waals surface area contributed by atoms with Gasteiger partial charge in [0.2, 0.25) is 5.90 Å². The van der Waals surface area contributed by atoms with Gasteiger partial charge in [-0.05, 0) is 30.3 Å². The van der Waals surface area contributed by atoms with Gasteiger partial charge in [0.15, 0.2) is 17.2 Å². The van der Waals surface area contributed by atoms with E-state index >= 15 is 0 Å². The number of benzene rings is 3. The van der Waals surface area contributed by atoms with Crippen molar-refractivity contribution in [1.82, 2.24) is 0 Å². The van der Waals surface area contributed by atoms with Crippen molar-refractivity contribution in [2.75, 3.05) is 7.11 Å². The molecule has 31 heavy (non-hydrogen) atoms. The van der Waals surface area contributed by atoms with Crippen LogP contribution in [0.2, 0.25) is 0 Å². The Kier molecular flexibility index (Phi) is 5.75. The Labute approximate surface area is 177 Å². The summed E-state index contributed by atoms with van der Waals surface area (Å²) in [6, 6.07) is 17.2. The van der Waals surface area contributed by atoms with E-state index in [-0.39, 0.29) is 23.8 Å². The number of hydrogen-bond donors (Lipinski definition) is 0. The third-order valence-electron chi connectivity index (χ3n) is 4.58. The number of rotatable bonds is 6. The van der Waals surface area contributed by atoms with Gasteiger partial charge in [-0.1, -0.05) is 42.5 Å². The third kappa shape index (κ3) is 4.30. The maximum Gasteiger partial charge on any atom is 0.363 e. The van der Waals surface area contributed by atoms with Crippen LogP contribution < -0.4 is 9.47 Å². The first-order valence-electron chi connectivity index (χ1n) is 9.37. The summed E-state index contributed by atoms with van der Waals surface area (Å²) in [4.78, 5) is 16.4. The molecule has 0 atom stereocenters. The van der Waals surface area contributed by atoms with Gasteiger partial charge in [-0.3, -0.25) is 0 Å². The zero-order valence-electron chi connectivity index (χ0n) is 16.5. The van der Waals surface area contributed by atoms with Crippen molar-refractivity contribution < 1.29 is 27.8 Å². The molecule has 7 heteroatoms. The molecule has 0 amide bonds. The molecular weight excluding hydrogens is 404 g/mol. The van der Waals surface area contributed by atoms with Crippen LogP contribution >= 0.6 is 0 Å². The van der Waals surface area contributed by atoms with E-state index in [1.54, 1.807) is 42.5 Å². The summed E-state index contributed by atoms with van der Waals surface area (Å²) in [5.74, 6) is -1.08. The number of aliphatic imine (C=N–C) groups is 1. The summed E-state index contributed by atoms with van der Waals surface area (Å²) in [6.45, 7) is -0.0442. The molecule has 1 aliphatic rings. The Hall–Kier alpha value is -4.00. The van der Waals surface area contributed by atoms with Crippen LogP contribution in [0.5, 0.6) is 11.5 Å². The van der Waals surface area contributed by atoms with Crippen LogP contribution in [0.15, 0.2) is 77.4 Å². The minimum atomic E-state index is -0.721. The van der Waals surface area contributed by atoms with Crippen molar-refractivity contribution in [1.29, 1.82) is 0 Å². The van der Waals surface area contributed by atoms with Crippen LogP contribution in [0.3, 0.4) is 0 Å². The van der Waals surface area contributed by atoms with E-state index in [0.717, 1.165) is 0 Å². The number of para-hydroxylation sites is 1. The van der Waals surface area contributed by atoms with Crippen LogP contribution in [0.1, 0.15) is 16.7 Å². The van der Waals surface area contributed by atoms with Crippen LogP contribution in [-0.4, -0.2) is 19.0 Å². The Morgan fingerprint density at radius 1 is 0.968 bits per heavy atom. The van der Waals surface area contributed by atoms with Gasteiger partial charge in [0.05, 0.1) is 12.7 Å². The number of hydrogen-bond acceptors (Lipinski definition) is 5. The molecule has 1 aliphatic heterocycles. The lowest BCUT2D eigenvalue weighted by Crippen LogP contribution is -2.07. The Morgan fingerprint density at radius 2 is 1.71 bits per heavy atom. The van der Waals surface area contributed by atoms with Crippen LogP contribution in [0, 0.1) is 11.6 Å². The molecule has 0 spiro atoms. The van der Waals surface area contributed by atoms with Crippen LogP contribution in [-0.2, 0) is 16.1 Å². The molecule has 3 aromatic carbocycles. The topological polar surface area (TPSA) is 57.1 Å². The zero-order chi connectivity index (χ0) is 21.8. The summed E-state index contributed by atoms with van der Waals surface area (Å²) in [6.07, 6.45) is 1.45. The minimum absolute atomic E-state index is 0.0257. The van der Waals surface area contributed by atoms with Crippen LogP contribution in [0.25, 0.3) is 6.08 Å². The molecule has 0 saturated heterocycles. The first-order valence-corrected chi connectivity index (χ1v) is 9.37. The standard InChI is InChI=1S/C24H17F2NO4/c1-29-21-12-6-8-15(22(21)30-14-16-7-2-4-10-18(16)25)13-20-24(28)31-23(27-20)17-9-3-5-11-19(17)26/h2-13H,14H2,1H3/b20-13-. The van der Waals surface area contributed by atoms with Crippen molar-refractivity contribution in [3.05, 3.63) is 101 Å². The second kappa shape index (κ2) is 8.79. The number of carbonyl (C=O) groups is 1. The monoisotopic (exact) mass is 421 g/mol. The average molecular weight is 421 g/mol. The van der Waals surface area contributed by atoms with E-state index in [1.807, 2.05) is 0 Å². The fourth-order valence-corrected chi connectivity index (χ4v) is 3.03. The molecule has 0 N–H and O–H groups in total. The zero-order valence-corrected chi connectivity index (χ0v) is 16.5. The van der Waals surface area contributed by atoms with Crippen molar-refractivity contribution in [2.24, 2.45) is 4.99 Å². The van der Waals surface area contributed by atoms with Gasteiger partial charge in [0.1, 0.15) is 18.2 Å². The molecule has 0 fully saturated rings. The Balaban J connectivity index is 1.68. The van der Waals surface area contributed by atoms with E-state index < -0.39 is 17.6 Å². The van der Waals surface area contributed by atoms with Gasteiger partial charge in [0, 0.05) is 11.1 Å². The van der Waals surface area contributed by atoms with E-state index in [9.17, 15) is 13.6 Å². The van der Waals surface area contributed by atoms with E-state index in [2.05, 4.69) is 4.99 Å². The predicted molar refractivity (Wildman–Crippen MR) is 111 cm³/mol. The normalized spacial score (nSPS) is 14.4. The van der Waals surface area contributed by atoms with Gasteiger partial charge in [0.25, 0.3) is 0 Å². The first-order chi connectivity index (χ1) is 15.1. The Bertz CT molecular complexity index is 1200. The molecule has 0 bridgehead atoms. The highest BCUT2D eigenvalue weighted by molar-refractivity contribution is 6.13. The quantitative estimate of drug-likeness (QED) is 0.420. The highest BCUT2D eigenvalue weighted by Gasteiger charge is 2.26. The number of ether oxygens (including phenoxy) is 3. The molecule has 4 rings (SSSR count). The predicted octanol–water partition coefficient (Wildman–Crippen LogP) is 4.90. The van der Waals surface area contributed by atoms with Gasteiger partial charge >= 0.3 is 5.97 Å². The van der Waals surface area contributed by atoms with Gasteiger partial charge in [-0.25, -0.2) is 18.6 Å². The first kappa shape index (κ1) is 20.3. The summed E-state index contributed by atoms with van der Waals surface area (Å²) >= 11 is 0. The number of methoxy groups -OCH3 is 1. The molecular formula is C24H17F2NO4. The van der Waals surface area contributed by atoms with Crippen molar-refractivity contribution in [3.63, 3.8) is 0 Å². The Morgan fingerprint density at radius 3 is 2.45 bits per heavy atom. The fourth-order valence-electron chi connectivity index (χ4n) is 3.03. The fraction of sp³-hybridized carbons (Fsp3) is 0.0833. The second-order valence-electron chi connectivity index (χ2n) is 6.57. The molecule has 0 unspecified atom stereocenters. The number of carbonyl (C=O) groups excluding carboxylic acids is 1. The highest BCUT2D eigenvalue weighted by Crippen LogP contribution is 2.34. The molecule has 0 aliphatic carbocycles. The minimum Gasteiger partial charge on any atom is -0.493 e. The maximum atomic E-state index is 14.0. The second-order valence-corrected chi connectivity index (χ2v) is 6.57. The number of cyclic esters (lactones) is 1. The van der Waals surface area contributed by atoms with Gasteiger partial charge in [-0.2, -0.15) is 0 Å². The number of nitrogens with zero attached hydrogens (tertiary/aromatic N) is 1. The largest absolute Gasteiger partial charge is 0.493 e. The van der Waals surface area contributed by atoms with E-state index in [0.29, 0.717) is 22.6 Å². The lowest BCUT2D eigenvalue weighted by Gasteiger charge is -2.14. The molecule has 0 saturated carbocycles. The van der Waals surface area contributed by atoms with Crippen molar-refractivity contribution >= 4 is 17.9 Å². The maximum absolute atomic E-state index is 14.0. The molecule has 3 aromatic rings. The smallest absolute Gasteiger partial charge is 0.363 e. The summed E-state index contributed by atoms with van der Waals surface area (Å²) in [7, 11) is 1.47. The van der Waals surface area contributed by atoms with E-state index in [1.165, 1.54) is 37.5 Å². The molecule has 0 aromatic heterocycles. The average Bonchev–Trinajstić information content (AvgIpc) is 3.14. The lowest BCUT2D eigenvalue weighted by atomic mass is 10.1. The number of halogens is 2. The van der Waals surface area contributed by atoms with E-state index in [4.69, 9.17) is 14.2 Å². The summed E-state index contributed by atoms with van der Waals surface area (Å²) in [5, 5.41) is 0.